The quantitative estimate of drug-likeness (QED) is 0.710. The summed E-state index contributed by atoms with van der Waals surface area (Å²) in [7, 11) is 0. The van der Waals surface area contributed by atoms with Crippen molar-refractivity contribution in [1.29, 1.82) is 0 Å². The number of aliphatic hydroxyl groups excluding tert-OH is 2. The largest absolute Gasteiger partial charge is 0.395 e. The van der Waals surface area contributed by atoms with Gasteiger partial charge in [-0.1, -0.05) is 56.3 Å². The summed E-state index contributed by atoms with van der Waals surface area (Å²) in [6.07, 6.45) is 5.32. The summed E-state index contributed by atoms with van der Waals surface area (Å²) < 4.78 is 0. The van der Waals surface area contributed by atoms with E-state index in [0.717, 1.165) is 24.8 Å². The van der Waals surface area contributed by atoms with Crippen LogP contribution in [0.1, 0.15) is 44.6 Å². The predicted molar refractivity (Wildman–Crippen MR) is 76.1 cm³/mol. The van der Waals surface area contributed by atoms with E-state index >= 15 is 0 Å². The molecule has 0 saturated carbocycles. The van der Waals surface area contributed by atoms with Crippen LogP contribution >= 0.6 is 11.6 Å². The van der Waals surface area contributed by atoms with Crippen molar-refractivity contribution < 1.29 is 10.2 Å². The van der Waals surface area contributed by atoms with Crippen molar-refractivity contribution in [2.24, 2.45) is 0 Å². The lowest BCUT2D eigenvalue weighted by molar-refractivity contribution is 0.107. The summed E-state index contributed by atoms with van der Waals surface area (Å²) in [5.74, 6) is 0. The lowest BCUT2D eigenvalue weighted by Crippen LogP contribution is -2.34. The molecule has 0 aliphatic rings. The molecular weight excluding hydrogens is 248 g/mol. The molecule has 0 spiro atoms. The fraction of sp³-hybridized carbons (Fsp3) is 0.600. The zero-order chi connectivity index (χ0) is 13.4. The highest BCUT2D eigenvalue weighted by Gasteiger charge is 2.30. The first kappa shape index (κ1) is 15.5. The van der Waals surface area contributed by atoms with Crippen molar-refractivity contribution in [3.05, 3.63) is 34.9 Å². The molecule has 0 aliphatic carbocycles. The third-order valence-corrected chi connectivity index (χ3v) is 3.79. The van der Waals surface area contributed by atoms with E-state index in [1.807, 2.05) is 24.3 Å². The van der Waals surface area contributed by atoms with Gasteiger partial charge < -0.3 is 10.2 Å². The van der Waals surface area contributed by atoms with Gasteiger partial charge in [0.05, 0.1) is 13.2 Å². The first-order valence-corrected chi connectivity index (χ1v) is 7.04. The highest BCUT2D eigenvalue weighted by atomic mass is 35.5. The smallest absolute Gasteiger partial charge is 0.0550 e. The zero-order valence-electron chi connectivity index (χ0n) is 11.0. The van der Waals surface area contributed by atoms with Crippen LogP contribution in [0, 0.1) is 0 Å². The number of benzene rings is 1. The normalized spacial score (nSPS) is 11.8. The molecule has 0 atom stereocenters. The van der Waals surface area contributed by atoms with Gasteiger partial charge in [0.15, 0.2) is 0 Å². The molecule has 2 N–H and O–H groups in total. The van der Waals surface area contributed by atoms with Gasteiger partial charge in [0.2, 0.25) is 0 Å². The van der Waals surface area contributed by atoms with E-state index in [2.05, 4.69) is 6.92 Å². The van der Waals surface area contributed by atoms with Gasteiger partial charge in [-0.05, 0) is 24.1 Å². The highest BCUT2D eigenvalue weighted by molar-refractivity contribution is 6.30. The Morgan fingerprint density at radius 1 is 1.11 bits per heavy atom. The fourth-order valence-corrected chi connectivity index (χ4v) is 2.43. The molecule has 2 nitrogen and oxygen atoms in total. The molecule has 0 saturated heterocycles. The summed E-state index contributed by atoms with van der Waals surface area (Å²) in [5, 5.41) is 20.0. The Morgan fingerprint density at radius 2 is 1.83 bits per heavy atom. The minimum absolute atomic E-state index is 0.0457. The molecule has 0 amide bonds. The third kappa shape index (κ3) is 3.98. The Labute approximate surface area is 115 Å². The minimum atomic E-state index is -0.557. The molecular formula is C15H23ClO2. The van der Waals surface area contributed by atoms with Crippen molar-refractivity contribution >= 4 is 11.6 Å². The molecule has 0 aliphatic heterocycles. The molecule has 0 aromatic heterocycles. The molecule has 0 bridgehead atoms. The van der Waals surface area contributed by atoms with Crippen LogP contribution in [-0.2, 0) is 5.41 Å². The van der Waals surface area contributed by atoms with Gasteiger partial charge in [-0.2, -0.15) is 0 Å². The molecule has 1 rings (SSSR count). The summed E-state index contributed by atoms with van der Waals surface area (Å²) in [5.41, 5.74) is 0.370. The van der Waals surface area contributed by atoms with Crippen LogP contribution in [0.5, 0.6) is 0 Å². The maximum absolute atomic E-state index is 9.67. The summed E-state index contributed by atoms with van der Waals surface area (Å²) >= 11 is 5.99. The van der Waals surface area contributed by atoms with E-state index in [9.17, 15) is 10.2 Å². The average molecular weight is 271 g/mol. The number of unbranched alkanes of at least 4 members (excludes halogenated alkanes) is 3. The summed E-state index contributed by atoms with van der Waals surface area (Å²) in [4.78, 5) is 0. The van der Waals surface area contributed by atoms with E-state index in [0.29, 0.717) is 5.02 Å². The van der Waals surface area contributed by atoms with E-state index in [1.54, 1.807) is 0 Å². The monoisotopic (exact) mass is 270 g/mol. The van der Waals surface area contributed by atoms with Crippen LogP contribution < -0.4 is 0 Å². The number of hydrogen-bond acceptors (Lipinski definition) is 2. The topological polar surface area (TPSA) is 40.5 Å². The summed E-state index contributed by atoms with van der Waals surface area (Å²) in [6.45, 7) is 2.08. The first-order chi connectivity index (χ1) is 8.68. The molecule has 0 radical (unpaired) electrons. The Balaban J connectivity index is 2.79. The van der Waals surface area contributed by atoms with Crippen molar-refractivity contribution in [1.82, 2.24) is 0 Å². The molecule has 1 aromatic rings. The number of rotatable bonds is 8. The fourth-order valence-electron chi connectivity index (χ4n) is 2.24. The molecule has 3 heteroatoms. The van der Waals surface area contributed by atoms with E-state index in [-0.39, 0.29) is 13.2 Å². The van der Waals surface area contributed by atoms with Crippen LogP contribution in [-0.4, -0.2) is 23.4 Å². The van der Waals surface area contributed by atoms with Gasteiger partial charge >= 0.3 is 0 Å². The first-order valence-electron chi connectivity index (χ1n) is 6.66. The van der Waals surface area contributed by atoms with Crippen LogP contribution in [0.3, 0.4) is 0 Å². The Morgan fingerprint density at radius 3 is 2.39 bits per heavy atom. The second-order valence-corrected chi connectivity index (χ2v) is 5.35. The molecule has 0 unspecified atom stereocenters. The van der Waals surface area contributed by atoms with Crippen molar-refractivity contribution in [3.63, 3.8) is 0 Å². The Kier molecular flexibility index (Phi) is 6.69. The van der Waals surface area contributed by atoms with E-state index in [4.69, 9.17) is 11.6 Å². The van der Waals surface area contributed by atoms with Gasteiger partial charge in [0, 0.05) is 10.4 Å². The van der Waals surface area contributed by atoms with Crippen molar-refractivity contribution in [2.45, 2.75) is 44.4 Å². The standard InChI is InChI=1S/C15H23ClO2/c1-2-3-4-5-9-15(11-17,12-18)13-7-6-8-14(16)10-13/h6-8,10,17-18H,2-5,9,11-12H2,1H3. The molecule has 0 fully saturated rings. The summed E-state index contributed by atoms with van der Waals surface area (Å²) in [6, 6.07) is 7.44. The van der Waals surface area contributed by atoms with Crippen LogP contribution in [0.2, 0.25) is 5.02 Å². The second-order valence-electron chi connectivity index (χ2n) is 4.92. The van der Waals surface area contributed by atoms with Crippen LogP contribution in [0.4, 0.5) is 0 Å². The Hall–Kier alpha value is -0.570. The predicted octanol–water partition coefficient (Wildman–Crippen LogP) is 3.53. The van der Waals surface area contributed by atoms with Crippen molar-refractivity contribution in [3.8, 4) is 0 Å². The minimum Gasteiger partial charge on any atom is -0.395 e. The van der Waals surface area contributed by atoms with Gasteiger partial charge in [-0.15, -0.1) is 0 Å². The lowest BCUT2D eigenvalue weighted by Gasteiger charge is -2.30. The molecule has 18 heavy (non-hydrogen) atoms. The average Bonchev–Trinajstić information content (AvgIpc) is 2.40. The van der Waals surface area contributed by atoms with Crippen LogP contribution in [0.25, 0.3) is 0 Å². The second kappa shape index (κ2) is 7.78. The maximum atomic E-state index is 9.67. The lowest BCUT2D eigenvalue weighted by atomic mass is 9.77. The van der Waals surface area contributed by atoms with Gasteiger partial charge in [-0.25, -0.2) is 0 Å². The Bertz CT molecular complexity index is 348. The number of aliphatic hydroxyl groups is 2. The van der Waals surface area contributed by atoms with Crippen LogP contribution in [0.15, 0.2) is 24.3 Å². The number of halogens is 1. The molecule has 102 valence electrons. The van der Waals surface area contributed by atoms with Gasteiger partial charge in [0.1, 0.15) is 0 Å². The van der Waals surface area contributed by atoms with Gasteiger partial charge in [0.25, 0.3) is 0 Å². The maximum Gasteiger partial charge on any atom is 0.0550 e. The van der Waals surface area contributed by atoms with Crippen molar-refractivity contribution in [2.75, 3.05) is 13.2 Å². The van der Waals surface area contributed by atoms with E-state index in [1.165, 1.54) is 12.8 Å². The molecule has 0 heterocycles. The SMILES string of the molecule is CCCCCCC(CO)(CO)c1cccc(Cl)c1. The molecule has 1 aromatic carbocycles. The van der Waals surface area contributed by atoms with Gasteiger partial charge in [-0.3, -0.25) is 0 Å². The highest BCUT2D eigenvalue weighted by Crippen LogP contribution is 2.31. The number of hydrogen-bond donors (Lipinski definition) is 2. The third-order valence-electron chi connectivity index (χ3n) is 3.55. The van der Waals surface area contributed by atoms with E-state index < -0.39 is 5.41 Å². The zero-order valence-corrected chi connectivity index (χ0v) is 11.8.